The van der Waals surface area contributed by atoms with Crippen molar-refractivity contribution in [1.29, 1.82) is 0 Å². The number of aromatic nitrogens is 1. The molecule has 0 unspecified atom stereocenters. The average Bonchev–Trinajstić information content (AvgIpc) is 3.19. The van der Waals surface area contributed by atoms with Gasteiger partial charge in [0, 0.05) is 16.9 Å². The standard InChI is InChI=1S/C18H15ClN2O3S/c1-2-24-18(23)15-16(22)14(10-13-4-3-9-20-13)25-17(15)21-12-7-5-11(19)6-8-12/h3-10,20,22H,2H2,1H3/b14-10-,21-17?. The largest absolute Gasteiger partial charge is 0.506 e. The lowest BCUT2D eigenvalue weighted by Crippen LogP contribution is -2.12. The first-order valence-electron chi connectivity index (χ1n) is 7.56. The maximum atomic E-state index is 12.3. The van der Waals surface area contributed by atoms with Crippen molar-refractivity contribution in [2.45, 2.75) is 6.92 Å². The van der Waals surface area contributed by atoms with E-state index in [2.05, 4.69) is 9.98 Å². The molecule has 25 heavy (non-hydrogen) atoms. The van der Waals surface area contributed by atoms with Gasteiger partial charge in [0.15, 0.2) is 0 Å². The normalized spacial score (nSPS) is 17.5. The SMILES string of the molecule is CCOC(=O)C1=C(O)/C(=C/c2ccc[nH]2)SC1=Nc1ccc(Cl)cc1. The topological polar surface area (TPSA) is 74.7 Å². The number of carbonyl (C=O) groups excluding carboxylic acids is 1. The molecule has 1 aliphatic rings. The maximum absolute atomic E-state index is 12.3. The number of rotatable bonds is 4. The van der Waals surface area contributed by atoms with Gasteiger partial charge in [-0.3, -0.25) is 0 Å². The second kappa shape index (κ2) is 7.63. The molecule has 0 spiro atoms. The summed E-state index contributed by atoms with van der Waals surface area (Å²) in [5.74, 6) is -0.735. The monoisotopic (exact) mass is 374 g/mol. The fourth-order valence-electron chi connectivity index (χ4n) is 2.20. The van der Waals surface area contributed by atoms with E-state index in [1.807, 2.05) is 12.1 Å². The number of H-pyrrole nitrogens is 1. The Balaban J connectivity index is 2.02. The van der Waals surface area contributed by atoms with Crippen molar-refractivity contribution in [2.75, 3.05) is 6.61 Å². The van der Waals surface area contributed by atoms with Crippen LogP contribution in [0.25, 0.3) is 6.08 Å². The molecule has 3 rings (SSSR count). The highest BCUT2D eigenvalue weighted by molar-refractivity contribution is 8.18. The van der Waals surface area contributed by atoms with E-state index in [4.69, 9.17) is 16.3 Å². The molecule has 128 valence electrons. The van der Waals surface area contributed by atoms with Gasteiger partial charge in [-0.15, -0.1) is 0 Å². The molecule has 0 aliphatic carbocycles. The van der Waals surface area contributed by atoms with E-state index in [0.717, 1.165) is 5.69 Å². The zero-order valence-corrected chi connectivity index (χ0v) is 14.9. The van der Waals surface area contributed by atoms with Crippen molar-refractivity contribution in [3.63, 3.8) is 0 Å². The number of hydrogen-bond donors (Lipinski definition) is 2. The molecular weight excluding hydrogens is 360 g/mol. The highest BCUT2D eigenvalue weighted by atomic mass is 35.5. The number of ether oxygens (including phenoxy) is 1. The minimum atomic E-state index is -0.602. The molecule has 2 aromatic rings. The summed E-state index contributed by atoms with van der Waals surface area (Å²) in [5, 5.41) is 11.5. The van der Waals surface area contributed by atoms with Crippen molar-refractivity contribution in [1.82, 2.24) is 4.98 Å². The Morgan fingerprint density at radius 2 is 2.12 bits per heavy atom. The number of nitrogens with zero attached hydrogens (tertiary/aromatic N) is 1. The molecule has 1 aliphatic heterocycles. The van der Waals surface area contributed by atoms with Gasteiger partial charge in [0.1, 0.15) is 16.4 Å². The number of carbonyl (C=O) groups is 1. The minimum absolute atomic E-state index is 0.0691. The van der Waals surface area contributed by atoms with Crippen molar-refractivity contribution < 1.29 is 14.6 Å². The van der Waals surface area contributed by atoms with E-state index in [0.29, 0.717) is 20.7 Å². The second-order valence-electron chi connectivity index (χ2n) is 5.07. The summed E-state index contributed by atoms with van der Waals surface area (Å²) in [6, 6.07) is 10.6. The molecule has 0 radical (unpaired) electrons. The first-order valence-corrected chi connectivity index (χ1v) is 8.76. The summed E-state index contributed by atoms with van der Waals surface area (Å²) in [6.45, 7) is 1.92. The van der Waals surface area contributed by atoms with Crippen LogP contribution in [0.3, 0.4) is 0 Å². The number of halogens is 1. The molecule has 0 atom stereocenters. The predicted octanol–water partition coefficient (Wildman–Crippen LogP) is 4.86. The lowest BCUT2D eigenvalue weighted by atomic mass is 10.2. The van der Waals surface area contributed by atoms with Crippen molar-refractivity contribution >= 4 is 46.1 Å². The number of nitrogens with one attached hydrogen (secondary N) is 1. The Morgan fingerprint density at radius 1 is 1.36 bits per heavy atom. The first kappa shape index (κ1) is 17.4. The number of hydrogen-bond acceptors (Lipinski definition) is 5. The third-order valence-corrected chi connectivity index (χ3v) is 4.61. The maximum Gasteiger partial charge on any atom is 0.344 e. The van der Waals surface area contributed by atoms with Crippen LogP contribution in [0.2, 0.25) is 5.02 Å². The van der Waals surface area contributed by atoms with E-state index >= 15 is 0 Å². The number of thioether (sulfide) groups is 1. The highest BCUT2D eigenvalue weighted by Gasteiger charge is 2.33. The lowest BCUT2D eigenvalue weighted by Gasteiger charge is -2.03. The molecule has 0 saturated carbocycles. The van der Waals surface area contributed by atoms with Gasteiger partial charge in [-0.25, -0.2) is 9.79 Å². The van der Waals surface area contributed by atoms with E-state index in [-0.39, 0.29) is 17.9 Å². The number of aliphatic hydroxyl groups excluding tert-OH is 1. The van der Waals surface area contributed by atoms with Crippen LogP contribution in [0.1, 0.15) is 12.6 Å². The third kappa shape index (κ3) is 3.97. The fraction of sp³-hybridized carbons (Fsp3) is 0.111. The van der Waals surface area contributed by atoms with Gasteiger partial charge in [0.25, 0.3) is 0 Å². The van der Waals surface area contributed by atoms with Crippen LogP contribution in [-0.4, -0.2) is 27.7 Å². The number of aliphatic imine (C=N–C) groups is 1. The summed E-state index contributed by atoms with van der Waals surface area (Å²) in [5.41, 5.74) is 1.51. The molecule has 1 aromatic carbocycles. The van der Waals surface area contributed by atoms with Crippen LogP contribution < -0.4 is 0 Å². The Hall–Kier alpha value is -2.44. The molecular formula is C18H15ClN2O3S. The van der Waals surface area contributed by atoms with E-state index in [1.54, 1.807) is 43.5 Å². The van der Waals surface area contributed by atoms with Crippen LogP contribution in [0.5, 0.6) is 0 Å². The average molecular weight is 375 g/mol. The van der Waals surface area contributed by atoms with Gasteiger partial charge < -0.3 is 14.8 Å². The lowest BCUT2D eigenvalue weighted by molar-refractivity contribution is -0.138. The van der Waals surface area contributed by atoms with E-state index in [9.17, 15) is 9.90 Å². The Labute approximate surface area is 154 Å². The number of aliphatic hydroxyl groups is 1. The van der Waals surface area contributed by atoms with Gasteiger partial charge >= 0.3 is 5.97 Å². The molecule has 2 N–H and O–H groups in total. The van der Waals surface area contributed by atoms with Crippen LogP contribution in [0, 0.1) is 0 Å². The summed E-state index contributed by atoms with van der Waals surface area (Å²) in [6.07, 6.45) is 3.53. The van der Waals surface area contributed by atoms with Gasteiger partial charge in [0.05, 0.1) is 17.2 Å². The van der Waals surface area contributed by atoms with E-state index in [1.165, 1.54) is 11.8 Å². The Kier molecular flexibility index (Phi) is 5.31. The Bertz CT molecular complexity index is 868. The van der Waals surface area contributed by atoms with Crippen LogP contribution >= 0.6 is 23.4 Å². The van der Waals surface area contributed by atoms with Gasteiger partial charge in [0.2, 0.25) is 0 Å². The third-order valence-electron chi connectivity index (χ3n) is 3.34. The van der Waals surface area contributed by atoms with E-state index < -0.39 is 5.97 Å². The molecule has 5 nitrogen and oxygen atoms in total. The highest BCUT2D eigenvalue weighted by Crippen LogP contribution is 2.40. The second-order valence-corrected chi connectivity index (χ2v) is 6.54. The van der Waals surface area contributed by atoms with Crippen LogP contribution in [0.4, 0.5) is 5.69 Å². The van der Waals surface area contributed by atoms with Crippen LogP contribution in [0.15, 0.2) is 63.8 Å². The zero-order valence-electron chi connectivity index (χ0n) is 13.3. The molecule has 1 aromatic heterocycles. The number of aromatic amines is 1. The van der Waals surface area contributed by atoms with Crippen molar-refractivity contribution in [3.05, 3.63) is 69.5 Å². The molecule has 0 bridgehead atoms. The number of esters is 1. The molecule has 7 heteroatoms. The predicted molar refractivity (Wildman–Crippen MR) is 101 cm³/mol. The summed E-state index contributed by atoms with van der Waals surface area (Å²) >= 11 is 7.10. The van der Waals surface area contributed by atoms with Gasteiger partial charge in [-0.2, -0.15) is 0 Å². The fourth-order valence-corrected chi connectivity index (χ4v) is 3.35. The smallest absolute Gasteiger partial charge is 0.344 e. The molecule has 0 fully saturated rings. The van der Waals surface area contributed by atoms with Crippen LogP contribution in [-0.2, 0) is 9.53 Å². The molecule has 0 saturated heterocycles. The van der Waals surface area contributed by atoms with Crippen molar-refractivity contribution in [3.8, 4) is 0 Å². The summed E-state index contributed by atoms with van der Waals surface area (Å²) in [7, 11) is 0. The first-order chi connectivity index (χ1) is 12.1. The zero-order chi connectivity index (χ0) is 17.8. The van der Waals surface area contributed by atoms with Gasteiger partial charge in [-0.1, -0.05) is 23.4 Å². The summed E-state index contributed by atoms with van der Waals surface area (Å²) in [4.78, 5) is 20.3. The summed E-state index contributed by atoms with van der Waals surface area (Å²) < 4.78 is 5.06. The molecule has 0 amide bonds. The quantitative estimate of drug-likeness (QED) is 0.749. The molecule has 2 heterocycles. The Morgan fingerprint density at radius 3 is 2.76 bits per heavy atom. The van der Waals surface area contributed by atoms with Gasteiger partial charge in [-0.05, 0) is 49.4 Å². The van der Waals surface area contributed by atoms with Crippen molar-refractivity contribution in [2.24, 2.45) is 4.99 Å². The minimum Gasteiger partial charge on any atom is -0.506 e. The number of benzene rings is 1.